The highest BCUT2D eigenvalue weighted by atomic mass is 16.5. The molecule has 7 heteroatoms. The summed E-state index contributed by atoms with van der Waals surface area (Å²) >= 11 is 0. The zero-order valence-corrected chi connectivity index (χ0v) is 16.3. The molecule has 1 aromatic carbocycles. The van der Waals surface area contributed by atoms with Gasteiger partial charge in [-0.25, -0.2) is 9.67 Å². The fourth-order valence-corrected chi connectivity index (χ4v) is 3.73. The maximum absolute atomic E-state index is 13.3. The van der Waals surface area contributed by atoms with Gasteiger partial charge in [-0.1, -0.05) is 35.5 Å². The van der Waals surface area contributed by atoms with Gasteiger partial charge in [-0.3, -0.25) is 4.79 Å². The SMILES string of the molecule is Cc1noc2nc(-c3ccccc3)cc(C(=O)Nc3ccnn3C(C)C3CC3)c12. The molecule has 4 aromatic rings. The summed E-state index contributed by atoms with van der Waals surface area (Å²) < 4.78 is 7.28. The van der Waals surface area contributed by atoms with E-state index in [0.717, 1.165) is 5.56 Å². The number of fused-ring (bicyclic) bond motifs is 1. The van der Waals surface area contributed by atoms with Crippen molar-refractivity contribution < 1.29 is 9.32 Å². The molecule has 3 aromatic heterocycles. The Labute approximate surface area is 167 Å². The molecule has 0 aliphatic heterocycles. The van der Waals surface area contributed by atoms with Crippen LogP contribution < -0.4 is 5.32 Å². The van der Waals surface area contributed by atoms with Crippen molar-refractivity contribution in [3.63, 3.8) is 0 Å². The Hall–Kier alpha value is -3.48. The van der Waals surface area contributed by atoms with Gasteiger partial charge in [-0.2, -0.15) is 5.10 Å². The van der Waals surface area contributed by atoms with Gasteiger partial charge in [-0.15, -0.1) is 0 Å². The number of hydrogen-bond acceptors (Lipinski definition) is 5. The van der Waals surface area contributed by atoms with Gasteiger partial charge in [0.15, 0.2) is 0 Å². The zero-order valence-electron chi connectivity index (χ0n) is 16.3. The fourth-order valence-electron chi connectivity index (χ4n) is 3.73. The van der Waals surface area contributed by atoms with E-state index in [9.17, 15) is 4.79 Å². The maximum atomic E-state index is 13.3. The van der Waals surface area contributed by atoms with Crippen LogP contribution in [-0.2, 0) is 0 Å². The number of rotatable bonds is 5. The van der Waals surface area contributed by atoms with Crippen molar-refractivity contribution in [2.45, 2.75) is 32.7 Å². The van der Waals surface area contributed by atoms with Crippen LogP contribution in [0.25, 0.3) is 22.4 Å². The van der Waals surface area contributed by atoms with E-state index in [1.165, 1.54) is 12.8 Å². The lowest BCUT2D eigenvalue weighted by Crippen LogP contribution is -2.19. The molecule has 0 bridgehead atoms. The number of carbonyl (C=O) groups is 1. The van der Waals surface area contributed by atoms with Crippen molar-refractivity contribution in [1.29, 1.82) is 0 Å². The predicted octanol–water partition coefficient (Wildman–Crippen LogP) is 4.62. The molecule has 1 unspecified atom stereocenters. The molecule has 1 aliphatic rings. The lowest BCUT2D eigenvalue weighted by Gasteiger charge is -2.15. The third kappa shape index (κ3) is 3.18. The van der Waals surface area contributed by atoms with E-state index < -0.39 is 0 Å². The van der Waals surface area contributed by atoms with Crippen molar-refractivity contribution in [2.75, 3.05) is 5.32 Å². The molecule has 29 heavy (non-hydrogen) atoms. The topological polar surface area (TPSA) is 85.8 Å². The van der Waals surface area contributed by atoms with Gasteiger partial charge in [0.2, 0.25) is 0 Å². The molecule has 5 rings (SSSR count). The molecule has 1 saturated carbocycles. The Morgan fingerprint density at radius 1 is 1.24 bits per heavy atom. The van der Waals surface area contributed by atoms with Gasteiger partial charge in [0, 0.05) is 11.6 Å². The van der Waals surface area contributed by atoms with Crippen LogP contribution >= 0.6 is 0 Å². The molecule has 146 valence electrons. The summed E-state index contributed by atoms with van der Waals surface area (Å²) in [4.78, 5) is 17.8. The molecule has 0 spiro atoms. The number of benzene rings is 1. The molecule has 7 nitrogen and oxygen atoms in total. The minimum Gasteiger partial charge on any atom is -0.335 e. The lowest BCUT2D eigenvalue weighted by molar-refractivity contribution is 0.102. The third-order valence-electron chi connectivity index (χ3n) is 5.53. The van der Waals surface area contributed by atoms with Gasteiger partial charge in [0.1, 0.15) is 5.82 Å². The number of hydrogen-bond donors (Lipinski definition) is 1. The highest BCUT2D eigenvalue weighted by Gasteiger charge is 2.31. The maximum Gasteiger partial charge on any atom is 0.259 e. The minimum absolute atomic E-state index is 0.231. The normalized spacial score (nSPS) is 14.8. The summed E-state index contributed by atoms with van der Waals surface area (Å²) in [7, 11) is 0. The van der Waals surface area contributed by atoms with Gasteiger partial charge in [-0.05, 0) is 38.7 Å². The van der Waals surface area contributed by atoms with Crippen molar-refractivity contribution in [2.24, 2.45) is 5.92 Å². The molecular formula is C22H21N5O2. The fraction of sp³-hybridized carbons (Fsp3) is 0.273. The Bertz CT molecular complexity index is 1190. The first kappa shape index (κ1) is 17.6. The van der Waals surface area contributed by atoms with Crippen molar-refractivity contribution >= 4 is 22.8 Å². The summed E-state index contributed by atoms with van der Waals surface area (Å²) in [6.07, 6.45) is 4.14. The Kier molecular flexibility index (Phi) is 4.16. The number of amides is 1. The summed E-state index contributed by atoms with van der Waals surface area (Å²) in [5.74, 6) is 1.09. The predicted molar refractivity (Wildman–Crippen MR) is 110 cm³/mol. The summed E-state index contributed by atoms with van der Waals surface area (Å²) in [5, 5.41) is 12.1. The molecule has 0 saturated heterocycles. The molecular weight excluding hydrogens is 366 g/mol. The molecule has 3 heterocycles. The number of nitrogens with zero attached hydrogens (tertiary/aromatic N) is 4. The Morgan fingerprint density at radius 3 is 2.79 bits per heavy atom. The van der Waals surface area contributed by atoms with E-state index in [1.807, 2.05) is 48.0 Å². The van der Waals surface area contributed by atoms with Crippen LogP contribution in [0.2, 0.25) is 0 Å². The second-order valence-electron chi connectivity index (χ2n) is 7.56. The molecule has 1 fully saturated rings. The second-order valence-corrected chi connectivity index (χ2v) is 7.56. The first-order chi connectivity index (χ1) is 14.1. The van der Waals surface area contributed by atoms with Crippen molar-refractivity contribution in [3.05, 3.63) is 59.9 Å². The van der Waals surface area contributed by atoms with E-state index in [2.05, 4.69) is 27.5 Å². The van der Waals surface area contributed by atoms with E-state index in [4.69, 9.17) is 4.52 Å². The standard InChI is InChI=1S/C22H21N5O2/c1-13-20-17(12-18(24-22(20)29-26-13)16-6-4-3-5-7-16)21(28)25-19-10-11-23-27(19)14(2)15-8-9-15/h3-7,10-12,14-15H,8-9H2,1-2H3,(H,25,28). The quantitative estimate of drug-likeness (QED) is 0.540. The molecule has 1 aliphatic carbocycles. The number of nitrogens with one attached hydrogen (secondary N) is 1. The third-order valence-corrected chi connectivity index (χ3v) is 5.53. The largest absolute Gasteiger partial charge is 0.335 e. The summed E-state index contributed by atoms with van der Waals surface area (Å²) in [5.41, 5.74) is 3.05. The van der Waals surface area contributed by atoms with E-state index in [0.29, 0.717) is 39.8 Å². The second kappa shape index (κ2) is 6.84. The van der Waals surface area contributed by atoms with E-state index in [-0.39, 0.29) is 11.9 Å². The van der Waals surface area contributed by atoms with Crippen molar-refractivity contribution in [3.8, 4) is 11.3 Å². The highest BCUT2D eigenvalue weighted by Crippen LogP contribution is 2.40. The van der Waals surface area contributed by atoms with Crippen molar-refractivity contribution in [1.82, 2.24) is 19.9 Å². The number of pyridine rings is 1. The van der Waals surface area contributed by atoms with Gasteiger partial charge >= 0.3 is 0 Å². The van der Waals surface area contributed by atoms with E-state index in [1.54, 1.807) is 12.3 Å². The monoisotopic (exact) mass is 387 g/mol. The molecule has 0 radical (unpaired) electrons. The average molecular weight is 387 g/mol. The van der Waals surface area contributed by atoms with Crippen LogP contribution in [0.4, 0.5) is 5.82 Å². The zero-order chi connectivity index (χ0) is 20.0. The Balaban J connectivity index is 1.55. The minimum atomic E-state index is -0.231. The highest BCUT2D eigenvalue weighted by molar-refractivity contribution is 6.12. The first-order valence-electron chi connectivity index (χ1n) is 9.79. The number of aromatic nitrogens is 4. The Morgan fingerprint density at radius 2 is 2.03 bits per heavy atom. The van der Waals surface area contributed by atoms with Crippen LogP contribution in [-0.4, -0.2) is 25.8 Å². The average Bonchev–Trinajstić information content (AvgIpc) is 3.39. The molecule has 1 amide bonds. The van der Waals surface area contributed by atoms with E-state index >= 15 is 0 Å². The van der Waals surface area contributed by atoms with Gasteiger partial charge in [0.05, 0.1) is 34.6 Å². The summed E-state index contributed by atoms with van der Waals surface area (Å²) in [6.45, 7) is 3.95. The smallest absolute Gasteiger partial charge is 0.259 e. The molecule has 1 N–H and O–H groups in total. The summed E-state index contributed by atoms with van der Waals surface area (Å²) in [6, 6.07) is 13.6. The van der Waals surface area contributed by atoms with Crippen LogP contribution in [0.5, 0.6) is 0 Å². The lowest BCUT2D eigenvalue weighted by atomic mass is 10.1. The van der Waals surface area contributed by atoms with Crippen LogP contribution in [0.15, 0.2) is 53.2 Å². The van der Waals surface area contributed by atoms with Crippen LogP contribution in [0.3, 0.4) is 0 Å². The first-order valence-corrected chi connectivity index (χ1v) is 9.79. The number of aryl methyl sites for hydroxylation is 1. The van der Waals surface area contributed by atoms with Gasteiger partial charge < -0.3 is 9.84 Å². The van der Waals surface area contributed by atoms with Crippen LogP contribution in [0.1, 0.15) is 41.9 Å². The molecule has 1 atom stereocenters. The number of anilines is 1. The van der Waals surface area contributed by atoms with Gasteiger partial charge in [0.25, 0.3) is 11.6 Å². The van der Waals surface area contributed by atoms with Crippen LogP contribution in [0, 0.1) is 12.8 Å². The number of carbonyl (C=O) groups excluding carboxylic acids is 1.